The lowest BCUT2D eigenvalue weighted by atomic mass is 9.95. The number of hydrogen-bond donors (Lipinski definition) is 2. The van der Waals surface area contributed by atoms with Crippen LogP contribution in [0.25, 0.3) is 70.8 Å². The average molecular weight is 643 g/mol. The first-order valence-corrected chi connectivity index (χ1v) is 17.7. The van der Waals surface area contributed by atoms with Crippen LogP contribution in [0.4, 0.5) is 0 Å². The van der Waals surface area contributed by atoms with Gasteiger partial charge in [-0.2, -0.15) is 0 Å². The first-order valence-electron chi connectivity index (χ1n) is 17.7. The molecule has 1 aliphatic heterocycles. The van der Waals surface area contributed by atoms with E-state index in [2.05, 4.69) is 178 Å². The highest BCUT2D eigenvalue weighted by molar-refractivity contribution is 6.25. The van der Waals surface area contributed by atoms with E-state index in [9.17, 15) is 0 Å². The van der Waals surface area contributed by atoms with Crippen LogP contribution in [0.3, 0.4) is 0 Å². The maximum atomic E-state index is 4.11. The minimum absolute atomic E-state index is 0.000246. The quantitative estimate of drug-likeness (QED) is 0.201. The standard InChI is InChI=1S/C46H34N4/c1-2-15-33(16-3-1)49-41-25-24-30-13-6-7-17-34(30)44(41)37-27-36-35-18-8-11-21-40(35)50(42(36)28-43(37)49)46-45(47-38-19-9-10-20-39(38)48-46)32-23-22-29-12-4-5-14-31(29)26-32/h1-9,11-19,21-28,45-48H,10,20H2. The molecule has 1 aliphatic carbocycles. The van der Waals surface area contributed by atoms with E-state index >= 15 is 0 Å². The first kappa shape index (κ1) is 27.7. The van der Waals surface area contributed by atoms with Gasteiger partial charge in [-0.05, 0) is 88.5 Å². The van der Waals surface area contributed by atoms with Gasteiger partial charge in [-0.3, -0.25) is 0 Å². The summed E-state index contributed by atoms with van der Waals surface area (Å²) in [6.07, 6.45) is 6.52. The zero-order valence-electron chi connectivity index (χ0n) is 27.5. The third kappa shape index (κ3) is 3.99. The van der Waals surface area contributed by atoms with Crippen molar-refractivity contribution in [1.29, 1.82) is 0 Å². The molecule has 4 nitrogen and oxygen atoms in total. The highest BCUT2D eigenvalue weighted by Crippen LogP contribution is 2.44. The summed E-state index contributed by atoms with van der Waals surface area (Å²) in [5.74, 6) is 0. The molecule has 3 heterocycles. The molecule has 4 heteroatoms. The molecule has 0 bridgehead atoms. The van der Waals surface area contributed by atoms with Crippen LogP contribution in [-0.2, 0) is 0 Å². The number of hydrogen-bond acceptors (Lipinski definition) is 2. The third-order valence-corrected chi connectivity index (χ3v) is 11.0. The smallest absolute Gasteiger partial charge is 0.128 e. The van der Waals surface area contributed by atoms with Gasteiger partial charge in [0, 0.05) is 32.9 Å². The molecule has 0 amide bonds. The first-order chi connectivity index (χ1) is 24.8. The number of allylic oxidation sites excluding steroid dienone is 3. The summed E-state index contributed by atoms with van der Waals surface area (Å²) in [6, 6.07) is 53.7. The second-order valence-electron chi connectivity index (χ2n) is 13.8. The normalized spacial score (nSPS) is 17.6. The molecule has 2 unspecified atom stereocenters. The van der Waals surface area contributed by atoms with E-state index in [1.54, 1.807) is 0 Å². The fourth-order valence-electron chi connectivity index (χ4n) is 8.77. The molecule has 0 saturated carbocycles. The van der Waals surface area contributed by atoms with E-state index in [4.69, 9.17) is 0 Å². The molecule has 11 rings (SSSR count). The molecular formula is C46H34N4. The molecule has 2 aromatic heterocycles. The van der Waals surface area contributed by atoms with Gasteiger partial charge < -0.3 is 19.8 Å². The number of nitrogens with zero attached hydrogens (tertiary/aromatic N) is 2. The van der Waals surface area contributed by atoms with Crippen molar-refractivity contribution >= 4 is 65.2 Å². The monoisotopic (exact) mass is 642 g/mol. The van der Waals surface area contributed by atoms with E-state index in [-0.39, 0.29) is 12.2 Å². The van der Waals surface area contributed by atoms with Gasteiger partial charge in [-0.25, -0.2) is 0 Å². The number of rotatable bonds is 3. The lowest BCUT2D eigenvalue weighted by Crippen LogP contribution is -2.44. The van der Waals surface area contributed by atoms with Crippen molar-refractivity contribution in [3.8, 4) is 5.69 Å². The summed E-state index contributed by atoms with van der Waals surface area (Å²) >= 11 is 0. The van der Waals surface area contributed by atoms with Gasteiger partial charge in [0.05, 0.1) is 33.8 Å². The topological polar surface area (TPSA) is 33.9 Å². The van der Waals surface area contributed by atoms with Gasteiger partial charge in [0.2, 0.25) is 0 Å². The minimum atomic E-state index is -0.0587. The molecule has 0 radical (unpaired) electrons. The summed E-state index contributed by atoms with van der Waals surface area (Å²) in [4.78, 5) is 0. The van der Waals surface area contributed by atoms with Crippen LogP contribution in [0.5, 0.6) is 0 Å². The van der Waals surface area contributed by atoms with Crippen molar-refractivity contribution < 1.29 is 0 Å². The Morgan fingerprint density at radius 2 is 1.28 bits per heavy atom. The van der Waals surface area contributed by atoms with Gasteiger partial charge >= 0.3 is 0 Å². The predicted octanol–water partition coefficient (Wildman–Crippen LogP) is 11.2. The van der Waals surface area contributed by atoms with Gasteiger partial charge in [-0.1, -0.05) is 109 Å². The zero-order valence-corrected chi connectivity index (χ0v) is 27.5. The van der Waals surface area contributed by atoms with E-state index in [1.807, 2.05) is 0 Å². The molecule has 0 fully saturated rings. The largest absolute Gasteiger partial charge is 0.373 e. The number of para-hydroxylation sites is 2. The van der Waals surface area contributed by atoms with E-state index < -0.39 is 0 Å². The molecule has 2 atom stereocenters. The SMILES string of the molecule is C1=CC2=C(CC1)NC(n1c3ccccc3c3cc4c5c6ccccc6ccc5n(-c5ccccc5)c4cc31)C(c1ccc3ccccc3c1)N2. The average Bonchev–Trinajstić information content (AvgIpc) is 3.68. The Hall–Kier alpha value is -6.26. The van der Waals surface area contributed by atoms with Gasteiger partial charge in [-0.15, -0.1) is 0 Å². The van der Waals surface area contributed by atoms with Crippen molar-refractivity contribution in [1.82, 2.24) is 19.8 Å². The summed E-state index contributed by atoms with van der Waals surface area (Å²) < 4.78 is 5.03. The minimum Gasteiger partial charge on any atom is -0.373 e. The fraction of sp³-hybridized carbons (Fsp3) is 0.0870. The number of benzene rings is 7. The molecule has 7 aromatic carbocycles. The van der Waals surface area contributed by atoms with E-state index in [0.717, 1.165) is 12.8 Å². The van der Waals surface area contributed by atoms with Crippen LogP contribution in [-0.4, -0.2) is 9.13 Å². The molecular weight excluding hydrogens is 609 g/mol. The highest BCUT2D eigenvalue weighted by Gasteiger charge is 2.34. The molecule has 50 heavy (non-hydrogen) atoms. The van der Waals surface area contributed by atoms with Crippen molar-refractivity contribution in [2.45, 2.75) is 25.0 Å². The predicted molar refractivity (Wildman–Crippen MR) is 209 cm³/mol. The summed E-state index contributed by atoms with van der Waals surface area (Å²) in [5, 5.41) is 18.3. The van der Waals surface area contributed by atoms with Gasteiger partial charge in [0.15, 0.2) is 0 Å². The Morgan fingerprint density at radius 3 is 2.18 bits per heavy atom. The molecule has 2 N–H and O–H groups in total. The van der Waals surface area contributed by atoms with E-state index in [1.165, 1.54) is 87.8 Å². The molecule has 9 aromatic rings. The second kappa shape index (κ2) is 10.6. The zero-order chi connectivity index (χ0) is 32.8. The van der Waals surface area contributed by atoms with Crippen LogP contribution in [0.1, 0.15) is 30.6 Å². The Balaban J connectivity index is 1.24. The lowest BCUT2D eigenvalue weighted by molar-refractivity contribution is 0.319. The maximum Gasteiger partial charge on any atom is 0.128 e. The molecule has 0 saturated heterocycles. The van der Waals surface area contributed by atoms with Crippen LogP contribution >= 0.6 is 0 Å². The van der Waals surface area contributed by atoms with Crippen LogP contribution in [0, 0.1) is 0 Å². The van der Waals surface area contributed by atoms with Gasteiger partial charge in [0.1, 0.15) is 6.17 Å². The fourth-order valence-corrected chi connectivity index (χ4v) is 8.77. The molecule has 2 aliphatic rings. The highest BCUT2D eigenvalue weighted by atomic mass is 15.3. The van der Waals surface area contributed by atoms with Crippen LogP contribution < -0.4 is 10.6 Å². The summed E-state index contributed by atoms with van der Waals surface area (Å²) in [5.41, 5.74) is 9.81. The van der Waals surface area contributed by atoms with Crippen molar-refractivity contribution in [2.75, 3.05) is 0 Å². The van der Waals surface area contributed by atoms with E-state index in [0.29, 0.717) is 0 Å². The third-order valence-electron chi connectivity index (χ3n) is 11.0. The van der Waals surface area contributed by atoms with Crippen molar-refractivity contribution in [2.24, 2.45) is 0 Å². The number of aromatic nitrogens is 2. The Morgan fingerprint density at radius 1 is 0.520 bits per heavy atom. The van der Waals surface area contributed by atoms with Crippen LogP contribution in [0.15, 0.2) is 169 Å². The second-order valence-corrected chi connectivity index (χ2v) is 13.8. The number of nitrogens with one attached hydrogen (secondary N) is 2. The summed E-state index contributed by atoms with van der Waals surface area (Å²) in [7, 11) is 0. The lowest BCUT2D eigenvalue weighted by Gasteiger charge is -2.40. The van der Waals surface area contributed by atoms with Gasteiger partial charge in [0.25, 0.3) is 0 Å². The molecule has 238 valence electrons. The Kier molecular flexibility index (Phi) is 5.88. The molecule has 0 spiro atoms. The van der Waals surface area contributed by atoms with Crippen LogP contribution in [0.2, 0.25) is 0 Å². The van der Waals surface area contributed by atoms with Crippen molar-refractivity contribution in [3.05, 3.63) is 175 Å². The Labute approximate surface area is 289 Å². The maximum absolute atomic E-state index is 4.11. The summed E-state index contributed by atoms with van der Waals surface area (Å²) in [6.45, 7) is 0. The number of fused-ring (bicyclic) bond motifs is 9. The van der Waals surface area contributed by atoms with Crippen molar-refractivity contribution in [3.63, 3.8) is 0 Å². The Bertz CT molecular complexity index is 2890.